The van der Waals surface area contributed by atoms with Crippen LogP contribution in [0.1, 0.15) is 30.7 Å². The summed E-state index contributed by atoms with van der Waals surface area (Å²) in [5.41, 5.74) is 0.827. The monoisotopic (exact) mass is 249 g/mol. The van der Waals surface area contributed by atoms with Gasteiger partial charge in [0.25, 0.3) is 0 Å². The molecule has 2 heterocycles. The molecule has 2 bridgehead atoms. The fraction of sp³-hybridized carbons (Fsp3) is 0.600. The van der Waals surface area contributed by atoms with E-state index in [0.717, 1.165) is 24.8 Å². The zero-order valence-corrected chi connectivity index (χ0v) is 10.7. The van der Waals surface area contributed by atoms with Crippen LogP contribution in [0, 0.1) is 11.7 Å². The van der Waals surface area contributed by atoms with Crippen LogP contribution in [0.3, 0.4) is 0 Å². The van der Waals surface area contributed by atoms with Gasteiger partial charge in [-0.15, -0.1) is 0 Å². The van der Waals surface area contributed by atoms with Crippen molar-refractivity contribution in [2.45, 2.75) is 37.3 Å². The third-order valence-electron chi connectivity index (χ3n) is 4.91. The number of benzene rings is 1. The highest BCUT2D eigenvalue weighted by Crippen LogP contribution is 2.46. The van der Waals surface area contributed by atoms with Crippen molar-refractivity contribution in [2.24, 2.45) is 5.92 Å². The van der Waals surface area contributed by atoms with Crippen molar-refractivity contribution in [2.75, 3.05) is 13.7 Å². The van der Waals surface area contributed by atoms with Crippen molar-refractivity contribution in [3.63, 3.8) is 0 Å². The zero-order valence-electron chi connectivity index (χ0n) is 10.7. The van der Waals surface area contributed by atoms with Gasteiger partial charge in [-0.05, 0) is 43.9 Å². The van der Waals surface area contributed by atoms with E-state index in [1.165, 1.54) is 0 Å². The summed E-state index contributed by atoms with van der Waals surface area (Å²) in [6.45, 7) is 0.215. The van der Waals surface area contributed by atoms with Crippen LogP contribution >= 0.6 is 0 Å². The predicted octanol–water partition coefficient (Wildman–Crippen LogP) is 2.38. The van der Waals surface area contributed by atoms with Gasteiger partial charge in [-0.1, -0.05) is 18.2 Å². The highest BCUT2D eigenvalue weighted by atomic mass is 19.1. The van der Waals surface area contributed by atoms with Gasteiger partial charge in [0, 0.05) is 24.6 Å². The van der Waals surface area contributed by atoms with E-state index >= 15 is 0 Å². The molecule has 1 aromatic carbocycles. The molecule has 1 aromatic rings. The van der Waals surface area contributed by atoms with Crippen molar-refractivity contribution < 1.29 is 9.50 Å². The molecule has 1 unspecified atom stereocenters. The van der Waals surface area contributed by atoms with Crippen molar-refractivity contribution in [3.8, 4) is 0 Å². The van der Waals surface area contributed by atoms with Gasteiger partial charge in [0.15, 0.2) is 0 Å². The Hall–Kier alpha value is -0.930. The van der Waals surface area contributed by atoms with Gasteiger partial charge >= 0.3 is 0 Å². The summed E-state index contributed by atoms with van der Waals surface area (Å²) in [7, 11) is 2.12. The van der Waals surface area contributed by atoms with Crippen LogP contribution in [0.15, 0.2) is 24.3 Å². The predicted molar refractivity (Wildman–Crippen MR) is 68.9 cm³/mol. The first-order chi connectivity index (χ1) is 8.72. The van der Waals surface area contributed by atoms with Crippen LogP contribution < -0.4 is 0 Å². The minimum Gasteiger partial charge on any atom is -0.396 e. The molecular weight excluding hydrogens is 229 g/mol. The van der Waals surface area contributed by atoms with Gasteiger partial charge in [-0.3, -0.25) is 4.90 Å². The lowest BCUT2D eigenvalue weighted by molar-refractivity contribution is 0.0620. The second-order valence-corrected chi connectivity index (χ2v) is 5.68. The number of rotatable bonds is 2. The minimum atomic E-state index is -0.0991. The van der Waals surface area contributed by atoms with Gasteiger partial charge in [0.1, 0.15) is 5.82 Å². The lowest BCUT2D eigenvalue weighted by Gasteiger charge is -2.42. The summed E-state index contributed by atoms with van der Waals surface area (Å²) in [6.07, 6.45) is 3.17. The number of hydrogen-bond donors (Lipinski definition) is 1. The van der Waals surface area contributed by atoms with E-state index in [1.807, 2.05) is 12.1 Å². The molecule has 0 amide bonds. The smallest absolute Gasteiger partial charge is 0.126 e. The molecule has 3 rings (SSSR count). The van der Waals surface area contributed by atoms with Gasteiger partial charge in [0.2, 0.25) is 0 Å². The average Bonchev–Trinajstić information content (AvgIpc) is 2.64. The fourth-order valence-corrected chi connectivity index (χ4v) is 3.99. The molecule has 98 valence electrons. The van der Waals surface area contributed by atoms with E-state index in [2.05, 4.69) is 11.9 Å². The third kappa shape index (κ3) is 1.77. The van der Waals surface area contributed by atoms with Gasteiger partial charge in [0.05, 0.1) is 0 Å². The van der Waals surface area contributed by atoms with E-state index in [1.54, 1.807) is 12.1 Å². The van der Waals surface area contributed by atoms with Gasteiger partial charge in [-0.2, -0.15) is 0 Å². The lowest BCUT2D eigenvalue weighted by atomic mass is 9.79. The molecule has 2 aliphatic heterocycles. The van der Waals surface area contributed by atoms with E-state index < -0.39 is 0 Å². The Morgan fingerprint density at radius 3 is 2.72 bits per heavy atom. The van der Waals surface area contributed by atoms with E-state index in [-0.39, 0.29) is 18.3 Å². The average molecular weight is 249 g/mol. The number of hydrogen-bond acceptors (Lipinski definition) is 2. The highest BCUT2D eigenvalue weighted by Gasteiger charge is 2.46. The first-order valence-corrected chi connectivity index (χ1v) is 6.79. The zero-order chi connectivity index (χ0) is 12.7. The van der Waals surface area contributed by atoms with Crippen molar-refractivity contribution in [1.29, 1.82) is 0 Å². The molecule has 0 aliphatic carbocycles. The van der Waals surface area contributed by atoms with E-state index in [9.17, 15) is 9.50 Å². The SMILES string of the molecule is CN1[C@@H]2CC[C@H]1C(c1ccccc1F)C[C@@H]2CO. The topological polar surface area (TPSA) is 23.5 Å². The molecule has 0 saturated carbocycles. The lowest BCUT2D eigenvalue weighted by Crippen LogP contribution is -2.47. The summed E-state index contributed by atoms with van der Waals surface area (Å²) >= 11 is 0. The standard InChI is InChI=1S/C15H20FNO/c1-17-14-6-7-15(17)12(8-10(14)9-18)11-4-2-3-5-13(11)16/h2-5,10,12,14-15,18H,6-9H2,1H3/t10-,12?,14-,15+/m1/s1. The molecule has 4 atom stereocenters. The molecule has 0 spiro atoms. The maximum atomic E-state index is 14.0. The molecular formula is C15H20FNO. The van der Waals surface area contributed by atoms with Crippen LogP contribution in [-0.4, -0.2) is 35.7 Å². The number of aliphatic hydroxyl groups excluding tert-OH is 1. The van der Waals surface area contributed by atoms with E-state index in [4.69, 9.17) is 0 Å². The molecule has 2 fully saturated rings. The quantitative estimate of drug-likeness (QED) is 0.870. The third-order valence-corrected chi connectivity index (χ3v) is 4.91. The largest absolute Gasteiger partial charge is 0.396 e. The molecule has 1 N–H and O–H groups in total. The van der Waals surface area contributed by atoms with E-state index in [0.29, 0.717) is 18.0 Å². The maximum Gasteiger partial charge on any atom is 0.126 e. The van der Waals surface area contributed by atoms with Gasteiger partial charge < -0.3 is 5.11 Å². The van der Waals surface area contributed by atoms with Crippen LogP contribution in [0.25, 0.3) is 0 Å². The summed E-state index contributed by atoms with van der Waals surface area (Å²) in [4.78, 5) is 2.36. The van der Waals surface area contributed by atoms with Crippen LogP contribution in [0.5, 0.6) is 0 Å². The fourth-order valence-electron chi connectivity index (χ4n) is 3.99. The Kier molecular flexibility index (Phi) is 3.12. The Morgan fingerprint density at radius 2 is 2.00 bits per heavy atom. The number of fused-ring (bicyclic) bond motifs is 2. The Balaban J connectivity index is 1.95. The molecule has 0 radical (unpaired) electrons. The summed E-state index contributed by atoms with van der Waals surface area (Å²) < 4.78 is 14.0. The van der Waals surface area contributed by atoms with Crippen LogP contribution in [-0.2, 0) is 0 Å². The second-order valence-electron chi connectivity index (χ2n) is 5.68. The first kappa shape index (κ1) is 12.1. The number of halogens is 1. The first-order valence-electron chi connectivity index (χ1n) is 6.79. The number of likely N-dealkylation sites (N-methyl/N-ethyl adjacent to an activating group) is 1. The summed E-state index contributed by atoms with van der Waals surface area (Å²) in [5.74, 6) is 0.420. The Bertz CT molecular complexity index is 436. The maximum absolute atomic E-state index is 14.0. The molecule has 2 aliphatic rings. The molecule has 2 nitrogen and oxygen atoms in total. The van der Waals surface area contributed by atoms with Crippen molar-refractivity contribution in [1.82, 2.24) is 4.90 Å². The molecule has 0 aromatic heterocycles. The Labute approximate surface area is 107 Å². The second kappa shape index (κ2) is 4.63. The minimum absolute atomic E-state index is 0.0991. The van der Waals surface area contributed by atoms with Crippen molar-refractivity contribution in [3.05, 3.63) is 35.6 Å². The number of nitrogens with zero attached hydrogens (tertiary/aromatic N) is 1. The van der Waals surface area contributed by atoms with Crippen LogP contribution in [0.2, 0.25) is 0 Å². The number of aliphatic hydroxyl groups is 1. The number of piperidine rings is 1. The molecule has 2 saturated heterocycles. The highest BCUT2D eigenvalue weighted by molar-refractivity contribution is 5.25. The normalized spacial score (nSPS) is 35.9. The van der Waals surface area contributed by atoms with Gasteiger partial charge in [-0.25, -0.2) is 4.39 Å². The van der Waals surface area contributed by atoms with Crippen LogP contribution in [0.4, 0.5) is 4.39 Å². The summed E-state index contributed by atoms with van der Waals surface area (Å²) in [6, 6.07) is 8.03. The Morgan fingerprint density at radius 1 is 1.28 bits per heavy atom. The van der Waals surface area contributed by atoms with Crippen molar-refractivity contribution >= 4 is 0 Å². The molecule has 3 heteroatoms. The summed E-state index contributed by atoms with van der Waals surface area (Å²) in [5, 5.41) is 9.54. The molecule has 18 heavy (non-hydrogen) atoms.